The molecule has 1 fully saturated rings. The predicted molar refractivity (Wildman–Crippen MR) is 75.8 cm³/mol. The number of hydrogen-bond acceptors (Lipinski definition) is 3. The van der Waals surface area contributed by atoms with Gasteiger partial charge in [-0.05, 0) is 30.9 Å². The first-order chi connectivity index (χ1) is 8.71. The van der Waals surface area contributed by atoms with Gasteiger partial charge in [-0.15, -0.1) is 0 Å². The van der Waals surface area contributed by atoms with E-state index in [2.05, 4.69) is 41.1 Å². The van der Waals surface area contributed by atoms with E-state index in [0.717, 1.165) is 12.5 Å². The molecule has 0 aromatic heterocycles. The third-order valence-electron chi connectivity index (χ3n) is 4.32. The Morgan fingerprint density at radius 1 is 1.33 bits per heavy atom. The van der Waals surface area contributed by atoms with Gasteiger partial charge in [-0.25, -0.2) is 0 Å². The summed E-state index contributed by atoms with van der Waals surface area (Å²) in [7, 11) is 0. The van der Waals surface area contributed by atoms with Gasteiger partial charge in [0, 0.05) is 5.69 Å². The topological polar surface area (TPSA) is 41.6 Å². The summed E-state index contributed by atoms with van der Waals surface area (Å²) in [4.78, 5) is 6.81. The normalized spacial score (nSPS) is 31.7. The minimum Gasteiger partial charge on any atom is -0.369 e. The minimum atomic E-state index is 0.142. The number of nitrogens with two attached hydrogens (primary N) is 1. The molecule has 1 saturated carbocycles. The van der Waals surface area contributed by atoms with E-state index in [1.807, 2.05) is 6.07 Å². The van der Waals surface area contributed by atoms with Crippen molar-refractivity contribution in [1.82, 2.24) is 0 Å². The van der Waals surface area contributed by atoms with Gasteiger partial charge >= 0.3 is 0 Å². The standard InChI is InChI=1S/C15H21N3/c1-12-6-5-9-15(10-12)11-17-14(16)18(15)13-7-3-2-4-8-13/h2-4,7-8,12H,5-6,9-11H2,1H3,(H2,16,17). The molecule has 1 aliphatic carbocycles. The van der Waals surface area contributed by atoms with Crippen molar-refractivity contribution in [2.45, 2.75) is 38.1 Å². The summed E-state index contributed by atoms with van der Waals surface area (Å²) in [5.41, 5.74) is 7.47. The van der Waals surface area contributed by atoms with Gasteiger partial charge in [-0.1, -0.05) is 38.0 Å². The number of guanidine groups is 1. The van der Waals surface area contributed by atoms with Crippen LogP contribution in [0.4, 0.5) is 5.69 Å². The second-order valence-corrected chi connectivity index (χ2v) is 5.77. The van der Waals surface area contributed by atoms with Crippen molar-refractivity contribution in [3.8, 4) is 0 Å². The van der Waals surface area contributed by atoms with Crippen LogP contribution in [0.2, 0.25) is 0 Å². The number of nitrogens with zero attached hydrogens (tertiary/aromatic N) is 2. The van der Waals surface area contributed by atoms with E-state index >= 15 is 0 Å². The van der Waals surface area contributed by atoms with E-state index in [0.29, 0.717) is 5.96 Å². The Hall–Kier alpha value is -1.51. The van der Waals surface area contributed by atoms with Crippen LogP contribution in [0.5, 0.6) is 0 Å². The largest absolute Gasteiger partial charge is 0.369 e. The Balaban J connectivity index is 1.96. The van der Waals surface area contributed by atoms with Crippen molar-refractivity contribution in [1.29, 1.82) is 0 Å². The maximum atomic E-state index is 6.14. The first kappa shape index (κ1) is 11.6. The summed E-state index contributed by atoms with van der Waals surface area (Å²) in [6.07, 6.45) is 5.03. The van der Waals surface area contributed by atoms with Crippen molar-refractivity contribution in [3.05, 3.63) is 30.3 Å². The van der Waals surface area contributed by atoms with E-state index in [-0.39, 0.29) is 5.54 Å². The van der Waals surface area contributed by atoms with E-state index in [4.69, 9.17) is 5.73 Å². The first-order valence-corrected chi connectivity index (χ1v) is 6.86. The molecule has 1 aliphatic heterocycles. The summed E-state index contributed by atoms with van der Waals surface area (Å²) < 4.78 is 0. The highest BCUT2D eigenvalue weighted by Crippen LogP contribution is 2.41. The molecule has 2 aliphatic rings. The third kappa shape index (κ3) is 1.78. The van der Waals surface area contributed by atoms with Crippen LogP contribution in [0.1, 0.15) is 32.6 Å². The third-order valence-corrected chi connectivity index (χ3v) is 4.32. The first-order valence-electron chi connectivity index (χ1n) is 6.86. The second-order valence-electron chi connectivity index (χ2n) is 5.77. The van der Waals surface area contributed by atoms with Crippen LogP contribution < -0.4 is 10.6 Å². The van der Waals surface area contributed by atoms with E-state index in [9.17, 15) is 0 Å². The van der Waals surface area contributed by atoms with Crippen LogP contribution in [0.3, 0.4) is 0 Å². The number of aliphatic imine (C=N–C) groups is 1. The van der Waals surface area contributed by atoms with E-state index in [1.165, 1.54) is 31.4 Å². The van der Waals surface area contributed by atoms with E-state index in [1.54, 1.807) is 0 Å². The molecule has 0 saturated heterocycles. The van der Waals surface area contributed by atoms with Crippen LogP contribution in [0, 0.1) is 5.92 Å². The quantitative estimate of drug-likeness (QED) is 0.824. The second kappa shape index (κ2) is 4.30. The molecule has 0 radical (unpaired) electrons. The zero-order chi connectivity index (χ0) is 12.6. The van der Waals surface area contributed by atoms with Crippen LogP contribution >= 0.6 is 0 Å². The molecular formula is C15H21N3. The lowest BCUT2D eigenvalue weighted by Gasteiger charge is -2.44. The maximum Gasteiger partial charge on any atom is 0.196 e. The van der Waals surface area contributed by atoms with Crippen molar-refractivity contribution < 1.29 is 0 Å². The monoisotopic (exact) mass is 243 g/mol. The number of benzene rings is 1. The number of para-hydroxylation sites is 1. The summed E-state index contributed by atoms with van der Waals surface area (Å²) in [5, 5.41) is 0. The zero-order valence-electron chi connectivity index (χ0n) is 11.0. The molecule has 1 heterocycles. The molecule has 1 aromatic carbocycles. The Labute approximate surface area is 109 Å². The molecule has 3 rings (SSSR count). The van der Waals surface area contributed by atoms with Gasteiger partial charge in [0.2, 0.25) is 0 Å². The highest BCUT2D eigenvalue weighted by atomic mass is 15.4. The van der Waals surface area contributed by atoms with Crippen molar-refractivity contribution >= 4 is 11.6 Å². The molecule has 2 atom stereocenters. The highest BCUT2D eigenvalue weighted by Gasteiger charge is 2.45. The number of hydrogen-bond donors (Lipinski definition) is 1. The molecule has 3 nitrogen and oxygen atoms in total. The maximum absolute atomic E-state index is 6.14. The molecule has 0 bridgehead atoms. The van der Waals surface area contributed by atoms with Crippen LogP contribution in [0.25, 0.3) is 0 Å². The lowest BCUT2D eigenvalue weighted by Crippen LogP contribution is -2.54. The Morgan fingerprint density at radius 3 is 2.83 bits per heavy atom. The fourth-order valence-electron chi connectivity index (χ4n) is 3.57. The molecule has 3 heteroatoms. The van der Waals surface area contributed by atoms with Crippen molar-refractivity contribution in [2.75, 3.05) is 11.4 Å². The lowest BCUT2D eigenvalue weighted by atomic mass is 9.75. The molecule has 0 amide bonds. The van der Waals surface area contributed by atoms with Gasteiger partial charge in [-0.2, -0.15) is 0 Å². The molecule has 1 spiro atoms. The molecule has 1 aromatic rings. The van der Waals surface area contributed by atoms with Crippen LogP contribution in [-0.2, 0) is 0 Å². The highest BCUT2D eigenvalue weighted by molar-refractivity contribution is 5.98. The molecule has 96 valence electrons. The Kier molecular flexibility index (Phi) is 2.77. The average Bonchev–Trinajstić information content (AvgIpc) is 2.67. The van der Waals surface area contributed by atoms with Gasteiger partial charge in [0.15, 0.2) is 5.96 Å². The van der Waals surface area contributed by atoms with Gasteiger partial charge < -0.3 is 10.6 Å². The zero-order valence-corrected chi connectivity index (χ0v) is 11.0. The Morgan fingerprint density at radius 2 is 2.11 bits per heavy atom. The molecule has 2 N–H and O–H groups in total. The van der Waals surface area contributed by atoms with E-state index < -0.39 is 0 Å². The minimum absolute atomic E-state index is 0.142. The fourth-order valence-corrected chi connectivity index (χ4v) is 3.57. The SMILES string of the molecule is CC1CCCC2(CN=C(N)N2c2ccccc2)C1. The van der Waals surface area contributed by atoms with Gasteiger partial charge in [-0.3, -0.25) is 4.99 Å². The van der Waals surface area contributed by atoms with Gasteiger partial charge in [0.25, 0.3) is 0 Å². The summed E-state index contributed by atoms with van der Waals surface area (Å²) in [6.45, 7) is 3.21. The van der Waals surface area contributed by atoms with Crippen molar-refractivity contribution in [2.24, 2.45) is 16.6 Å². The molecular weight excluding hydrogens is 222 g/mol. The van der Waals surface area contributed by atoms with Crippen molar-refractivity contribution in [3.63, 3.8) is 0 Å². The summed E-state index contributed by atoms with van der Waals surface area (Å²) >= 11 is 0. The summed E-state index contributed by atoms with van der Waals surface area (Å²) in [5.74, 6) is 1.46. The Bertz CT molecular complexity index is 454. The van der Waals surface area contributed by atoms with Gasteiger partial charge in [0.05, 0.1) is 12.1 Å². The van der Waals surface area contributed by atoms with Crippen LogP contribution in [0.15, 0.2) is 35.3 Å². The predicted octanol–water partition coefficient (Wildman–Crippen LogP) is 2.77. The van der Waals surface area contributed by atoms with Crippen LogP contribution in [-0.4, -0.2) is 18.0 Å². The number of rotatable bonds is 1. The number of anilines is 1. The smallest absolute Gasteiger partial charge is 0.196 e. The molecule has 18 heavy (non-hydrogen) atoms. The van der Waals surface area contributed by atoms with Gasteiger partial charge in [0.1, 0.15) is 0 Å². The summed E-state index contributed by atoms with van der Waals surface area (Å²) in [6, 6.07) is 10.5. The fraction of sp³-hybridized carbons (Fsp3) is 0.533. The average molecular weight is 243 g/mol. The molecule has 2 unspecified atom stereocenters. The lowest BCUT2D eigenvalue weighted by molar-refractivity contribution is 0.253.